The van der Waals surface area contributed by atoms with Crippen LogP contribution in [0.2, 0.25) is 0 Å². The number of methoxy groups -OCH3 is 2. The van der Waals surface area contributed by atoms with Gasteiger partial charge in [-0.05, 0) is 54.4 Å². The molecule has 0 spiro atoms. The average molecular weight is 612 g/mol. The molecule has 3 aromatic rings. The topological polar surface area (TPSA) is 129 Å². The molecule has 0 aromatic heterocycles. The van der Waals surface area contributed by atoms with Gasteiger partial charge >= 0.3 is 5.97 Å². The number of ether oxygens (including phenoxy) is 2. The van der Waals surface area contributed by atoms with E-state index in [1.807, 2.05) is 53.4 Å². The number of rotatable bonds is 10. The third-order valence-corrected chi connectivity index (χ3v) is 7.88. The molecule has 5 rings (SSSR count). The van der Waals surface area contributed by atoms with Crippen LogP contribution in [0.5, 0.6) is 0 Å². The largest absolute Gasteiger partial charge is 0.465 e. The van der Waals surface area contributed by atoms with Crippen LogP contribution in [0, 0.1) is 6.92 Å². The highest BCUT2D eigenvalue weighted by molar-refractivity contribution is 6.37. The van der Waals surface area contributed by atoms with Crippen LogP contribution in [0.1, 0.15) is 37.4 Å². The number of carbonyl (C=O) groups excluding carboxylic acids is 4. The number of hydrogen-bond donors (Lipinski definition) is 3. The number of nitrogens with one attached hydrogen (secondary N) is 3. The summed E-state index contributed by atoms with van der Waals surface area (Å²) >= 11 is 0. The van der Waals surface area contributed by atoms with Crippen molar-refractivity contribution in [2.24, 2.45) is 0 Å². The molecule has 11 heteroatoms. The van der Waals surface area contributed by atoms with Crippen LogP contribution in [0.3, 0.4) is 0 Å². The minimum absolute atomic E-state index is 0.0561. The molecule has 3 amide bonds. The predicted octanol–water partition coefficient (Wildman–Crippen LogP) is 3.23. The number of carbonyl (C=O) groups is 4. The molecular weight excluding hydrogens is 574 g/mol. The van der Waals surface area contributed by atoms with Crippen LogP contribution in [0.15, 0.2) is 66.7 Å². The first-order valence-electron chi connectivity index (χ1n) is 14.8. The summed E-state index contributed by atoms with van der Waals surface area (Å²) in [5.41, 5.74) is 5.38. The summed E-state index contributed by atoms with van der Waals surface area (Å²) in [6.45, 7) is 5.32. The van der Waals surface area contributed by atoms with Crippen molar-refractivity contribution in [2.45, 2.75) is 6.92 Å². The normalized spacial score (nSPS) is 15.6. The molecule has 2 heterocycles. The zero-order valence-electron chi connectivity index (χ0n) is 25.6. The number of hydrogen-bond acceptors (Lipinski definition) is 8. The Kier molecular flexibility index (Phi) is 9.91. The molecule has 0 bridgehead atoms. The lowest BCUT2D eigenvalue weighted by molar-refractivity contribution is -0.122. The van der Waals surface area contributed by atoms with E-state index in [1.165, 1.54) is 7.11 Å². The van der Waals surface area contributed by atoms with Crippen LogP contribution in [0.25, 0.3) is 11.3 Å². The van der Waals surface area contributed by atoms with Gasteiger partial charge < -0.3 is 30.3 Å². The minimum atomic E-state index is -0.471. The summed E-state index contributed by atoms with van der Waals surface area (Å²) in [4.78, 5) is 54.8. The highest BCUT2D eigenvalue weighted by Gasteiger charge is 2.30. The molecule has 0 saturated carbocycles. The van der Waals surface area contributed by atoms with E-state index in [2.05, 4.69) is 16.0 Å². The maximum absolute atomic E-state index is 13.4. The Bertz CT molecular complexity index is 1610. The number of piperazine rings is 1. The number of amides is 3. The fourth-order valence-corrected chi connectivity index (χ4v) is 5.47. The predicted molar refractivity (Wildman–Crippen MR) is 172 cm³/mol. The maximum Gasteiger partial charge on any atom is 0.338 e. The van der Waals surface area contributed by atoms with Gasteiger partial charge in [0.1, 0.15) is 0 Å². The highest BCUT2D eigenvalue weighted by atomic mass is 16.5. The quantitative estimate of drug-likeness (QED) is 0.181. The highest BCUT2D eigenvalue weighted by Crippen LogP contribution is 2.39. The van der Waals surface area contributed by atoms with Crippen LogP contribution in [-0.4, -0.2) is 93.6 Å². The standard InChI is InChI=1S/C34H37N5O6/c1-22-19-27-28(20-26(22)34(43)45-3)37-32(41)30(27)31(23-7-5-4-6-8-23)36-25-11-9-24(10-12-25)33(42)39-16-14-38(15-17-39)21-29(40)35-13-18-44-2/h4-12,19-20,36H,13-18,21H2,1-3H3,(H,35,40)(H,37,41)/b31-30-. The smallest absolute Gasteiger partial charge is 0.338 e. The van der Waals surface area contributed by atoms with E-state index in [9.17, 15) is 19.2 Å². The van der Waals surface area contributed by atoms with Gasteiger partial charge in [0.2, 0.25) is 5.91 Å². The second-order valence-corrected chi connectivity index (χ2v) is 10.9. The number of anilines is 2. The van der Waals surface area contributed by atoms with Crippen LogP contribution in [-0.2, 0) is 19.1 Å². The van der Waals surface area contributed by atoms with Crippen molar-refractivity contribution in [3.63, 3.8) is 0 Å². The van der Waals surface area contributed by atoms with E-state index in [1.54, 1.807) is 37.1 Å². The van der Waals surface area contributed by atoms with Crippen molar-refractivity contribution in [1.82, 2.24) is 15.1 Å². The molecule has 45 heavy (non-hydrogen) atoms. The molecule has 1 fully saturated rings. The first-order chi connectivity index (χ1) is 21.8. The first kappa shape index (κ1) is 31.4. The molecule has 0 unspecified atom stereocenters. The van der Waals surface area contributed by atoms with Gasteiger partial charge in [0, 0.05) is 56.6 Å². The van der Waals surface area contributed by atoms with Crippen molar-refractivity contribution in [3.8, 4) is 0 Å². The average Bonchev–Trinajstić information content (AvgIpc) is 3.37. The van der Waals surface area contributed by atoms with Crippen molar-refractivity contribution in [3.05, 3.63) is 94.5 Å². The van der Waals surface area contributed by atoms with E-state index in [0.717, 1.165) is 5.56 Å². The molecule has 234 valence electrons. The maximum atomic E-state index is 13.4. The fourth-order valence-electron chi connectivity index (χ4n) is 5.47. The van der Waals surface area contributed by atoms with Crippen LogP contribution >= 0.6 is 0 Å². The van der Waals surface area contributed by atoms with Gasteiger partial charge in [0.15, 0.2) is 0 Å². The van der Waals surface area contributed by atoms with E-state index in [0.29, 0.717) is 90.8 Å². The lowest BCUT2D eigenvalue weighted by Gasteiger charge is -2.34. The molecular formula is C34H37N5O6. The second kappa shape index (κ2) is 14.2. The number of aryl methyl sites for hydroxylation is 1. The van der Waals surface area contributed by atoms with E-state index >= 15 is 0 Å². The number of nitrogens with zero attached hydrogens (tertiary/aromatic N) is 2. The Labute approximate surface area is 262 Å². The van der Waals surface area contributed by atoms with Gasteiger partial charge in [-0.15, -0.1) is 0 Å². The Morgan fingerprint density at radius 3 is 2.29 bits per heavy atom. The van der Waals surface area contributed by atoms with Gasteiger partial charge in [-0.1, -0.05) is 30.3 Å². The third-order valence-electron chi connectivity index (χ3n) is 7.88. The lowest BCUT2D eigenvalue weighted by atomic mass is 9.96. The first-order valence-corrected chi connectivity index (χ1v) is 14.8. The van der Waals surface area contributed by atoms with Gasteiger partial charge in [0.05, 0.1) is 42.8 Å². The number of fused-ring (bicyclic) bond motifs is 1. The monoisotopic (exact) mass is 611 g/mol. The molecule has 0 atom stereocenters. The second-order valence-electron chi connectivity index (χ2n) is 10.9. The number of benzene rings is 3. The zero-order chi connectivity index (χ0) is 31.9. The fraction of sp³-hybridized carbons (Fsp3) is 0.294. The molecule has 3 N–H and O–H groups in total. The molecule has 1 saturated heterocycles. The van der Waals surface area contributed by atoms with Crippen molar-refractivity contribution < 1.29 is 28.7 Å². The van der Waals surface area contributed by atoms with Gasteiger partial charge in [-0.3, -0.25) is 19.3 Å². The summed E-state index contributed by atoms with van der Waals surface area (Å²) in [5, 5.41) is 9.13. The van der Waals surface area contributed by atoms with Crippen molar-refractivity contribution in [2.75, 3.05) is 70.7 Å². The molecule has 0 aliphatic carbocycles. The van der Waals surface area contributed by atoms with E-state index in [4.69, 9.17) is 9.47 Å². The summed E-state index contributed by atoms with van der Waals surface area (Å²) in [5.74, 6) is -0.898. The molecule has 2 aliphatic rings. The summed E-state index contributed by atoms with van der Waals surface area (Å²) in [6, 6.07) is 20.1. The van der Waals surface area contributed by atoms with Crippen LogP contribution in [0.4, 0.5) is 11.4 Å². The van der Waals surface area contributed by atoms with Crippen molar-refractivity contribution >= 4 is 46.3 Å². The van der Waals surface area contributed by atoms with E-state index < -0.39 is 5.97 Å². The van der Waals surface area contributed by atoms with Crippen LogP contribution < -0.4 is 16.0 Å². The zero-order valence-corrected chi connectivity index (χ0v) is 25.6. The van der Waals surface area contributed by atoms with E-state index in [-0.39, 0.29) is 17.7 Å². The third kappa shape index (κ3) is 7.22. The summed E-state index contributed by atoms with van der Waals surface area (Å²) in [6.07, 6.45) is 0. The molecule has 0 radical (unpaired) electrons. The minimum Gasteiger partial charge on any atom is -0.465 e. The van der Waals surface area contributed by atoms with Crippen molar-refractivity contribution in [1.29, 1.82) is 0 Å². The molecule has 11 nitrogen and oxygen atoms in total. The van der Waals surface area contributed by atoms with Gasteiger partial charge in [-0.2, -0.15) is 0 Å². The summed E-state index contributed by atoms with van der Waals surface area (Å²) < 4.78 is 9.86. The Balaban J connectivity index is 1.32. The lowest BCUT2D eigenvalue weighted by Crippen LogP contribution is -2.51. The Hall–Kier alpha value is -5.00. The molecule has 3 aromatic carbocycles. The molecule has 2 aliphatic heterocycles. The Morgan fingerprint density at radius 1 is 0.911 bits per heavy atom. The summed E-state index contributed by atoms with van der Waals surface area (Å²) in [7, 11) is 2.91. The van der Waals surface area contributed by atoms with Gasteiger partial charge in [-0.25, -0.2) is 4.79 Å². The van der Waals surface area contributed by atoms with Gasteiger partial charge in [0.25, 0.3) is 11.8 Å². The number of esters is 1. The Morgan fingerprint density at radius 2 is 1.62 bits per heavy atom. The SMILES string of the molecule is COCCNC(=O)CN1CCN(C(=O)c2ccc(N/C(=C3\C(=O)Nc4cc(C(=O)OC)c(C)cc43)c3ccccc3)cc2)CC1.